The zero-order chi connectivity index (χ0) is 22.2. The first-order chi connectivity index (χ1) is 15.5. The fourth-order valence-electron chi connectivity index (χ4n) is 3.94. The predicted octanol–water partition coefficient (Wildman–Crippen LogP) is 5.28. The second-order valence-corrected chi connectivity index (χ2v) is 7.95. The van der Waals surface area contributed by atoms with Gasteiger partial charge in [-0.05, 0) is 48.4 Å². The molecule has 6 heteroatoms. The lowest BCUT2D eigenvalue weighted by Gasteiger charge is -2.24. The van der Waals surface area contributed by atoms with Crippen molar-refractivity contribution in [3.8, 4) is 5.75 Å². The maximum absolute atomic E-state index is 13.2. The topological polar surface area (TPSA) is 73.2 Å². The molecule has 6 nitrogen and oxygen atoms in total. The Morgan fingerprint density at radius 3 is 2.31 bits per heavy atom. The van der Waals surface area contributed by atoms with Gasteiger partial charge in [0.05, 0.1) is 5.70 Å². The SMILES string of the molecule is CC(C)C1=C(Nc2ccc(On3ccc4cccnc43)cc2)C(=O)c2ccccc2C1=O. The van der Waals surface area contributed by atoms with Crippen LogP contribution in [0.15, 0.2) is 90.4 Å². The van der Waals surface area contributed by atoms with Crippen LogP contribution in [0, 0.1) is 5.92 Å². The Hall–Kier alpha value is -4.19. The zero-order valence-electron chi connectivity index (χ0n) is 17.7. The maximum Gasteiger partial charge on any atom is 0.210 e. The summed E-state index contributed by atoms with van der Waals surface area (Å²) in [5.41, 5.74) is 3.14. The normalized spacial score (nSPS) is 13.6. The molecule has 5 rings (SSSR count). The summed E-state index contributed by atoms with van der Waals surface area (Å²) in [4.78, 5) is 36.5. The van der Waals surface area contributed by atoms with Crippen molar-refractivity contribution in [1.29, 1.82) is 0 Å². The molecule has 1 aliphatic carbocycles. The largest absolute Gasteiger partial charge is 0.374 e. The Kier molecular flexibility index (Phi) is 4.82. The van der Waals surface area contributed by atoms with Gasteiger partial charge in [-0.25, -0.2) is 4.98 Å². The number of rotatable bonds is 5. The molecule has 0 amide bonds. The molecule has 0 radical (unpaired) electrons. The summed E-state index contributed by atoms with van der Waals surface area (Å²) in [6, 6.07) is 20.0. The lowest BCUT2D eigenvalue weighted by molar-refractivity contribution is 0.0968. The van der Waals surface area contributed by atoms with Gasteiger partial charge in [0, 0.05) is 40.2 Å². The molecule has 158 valence electrons. The molecule has 1 aliphatic rings. The third-order valence-corrected chi connectivity index (χ3v) is 5.48. The van der Waals surface area contributed by atoms with E-state index in [4.69, 9.17) is 4.84 Å². The fraction of sp³-hybridized carbons (Fsp3) is 0.115. The number of fused-ring (bicyclic) bond motifs is 2. The number of carbonyl (C=O) groups is 2. The van der Waals surface area contributed by atoms with E-state index < -0.39 is 0 Å². The standard InChI is InChI=1S/C26H21N3O3/c1-16(2)22-23(25(31)21-8-4-3-7-20(21)24(22)30)28-18-9-11-19(12-10-18)32-29-15-13-17-6-5-14-27-26(17)29/h3-16,28H,1-2H3. The fourth-order valence-corrected chi connectivity index (χ4v) is 3.94. The maximum atomic E-state index is 13.2. The molecule has 2 aromatic heterocycles. The quantitative estimate of drug-likeness (QED) is 0.473. The van der Waals surface area contributed by atoms with E-state index in [1.807, 2.05) is 50.4 Å². The number of nitrogens with zero attached hydrogens (tertiary/aromatic N) is 2. The minimum absolute atomic E-state index is 0.0977. The van der Waals surface area contributed by atoms with E-state index in [0.29, 0.717) is 33.8 Å². The minimum Gasteiger partial charge on any atom is -0.374 e. The van der Waals surface area contributed by atoms with Crippen molar-refractivity contribution < 1.29 is 14.4 Å². The molecule has 0 unspecified atom stereocenters. The van der Waals surface area contributed by atoms with E-state index in [-0.39, 0.29) is 17.5 Å². The Labute approximate surface area is 185 Å². The van der Waals surface area contributed by atoms with E-state index in [1.165, 1.54) is 0 Å². The summed E-state index contributed by atoms with van der Waals surface area (Å²) >= 11 is 0. The van der Waals surface area contributed by atoms with Crippen LogP contribution in [0.1, 0.15) is 34.6 Å². The van der Waals surface area contributed by atoms with Crippen molar-refractivity contribution in [2.45, 2.75) is 13.8 Å². The summed E-state index contributed by atoms with van der Waals surface area (Å²) < 4.78 is 1.61. The molecule has 2 aromatic carbocycles. The third kappa shape index (κ3) is 3.36. The van der Waals surface area contributed by atoms with Crippen LogP contribution in [0.25, 0.3) is 11.0 Å². The second kappa shape index (κ2) is 7.81. The number of allylic oxidation sites excluding steroid dienone is 2. The zero-order valence-corrected chi connectivity index (χ0v) is 17.7. The first kappa shape index (κ1) is 19.8. The molecule has 4 aromatic rings. The van der Waals surface area contributed by atoms with Gasteiger partial charge in [0.25, 0.3) is 0 Å². The van der Waals surface area contributed by atoms with Gasteiger partial charge in [0.15, 0.2) is 17.2 Å². The number of hydrogen-bond donors (Lipinski definition) is 1. The van der Waals surface area contributed by atoms with E-state index in [1.54, 1.807) is 47.3 Å². The number of ketones is 2. The molecule has 0 atom stereocenters. The molecular weight excluding hydrogens is 402 g/mol. The summed E-state index contributed by atoms with van der Waals surface area (Å²) in [7, 11) is 0. The lowest BCUT2D eigenvalue weighted by atomic mass is 9.82. The van der Waals surface area contributed by atoms with Crippen molar-refractivity contribution in [1.82, 2.24) is 9.71 Å². The highest BCUT2D eigenvalue weighted by Crippen LogP contribution is 2.31. The molecule has 32 heavy (non-hydrogen) atoms. The Morgan fingerprint density at radius 1 is 0.875 bits per heavy atom. The van der Waals surface area contributed by atoms with E-state index in [0.717, 1.165) is 11.0 Å². The van der Waals surface area contributed by atoms with Gasteiger partial charge in [-0.3, -0.25) is 9.59 Å². The van der Waals surface area contributed by atoms with Gasteiger partial charge in [0.1, 0.15) is 0 Å². The van der Waals surface area contributed by atoms with Crippen LogP contribution >= 0.6 is 0 Å². The Balaban J connectivity index is 1.42. The molecule has 0 spiro atoms. The summed E-state index contributed by atoms with van der Waals surface area (Å²) in [5, 5.41) is 4.17. The monoisotopic (exact) mass is 423 g/mol. The van der Waals surface area contributed by atoms with Crippen LogP contribution in [0.3, 0.4) is 0 Å². The number of carbonyl (C=O) groups excluding carboxylic acids is 2. The molecule has 0 saturated carbocycles. The van der Waals surface area contributed by atoms with Crippen LogP contribution in [0.4, 0.5) is 5.69 Å². The first-order valence-electron chi connectivity index (χ1n) is 10.4. The Morgan fingerprint density at radius 2 is 1.59 bits per heavy atom. The average molecular weight is 423 g/mol. The molecular formula is C26H21N3O3. The van der Waals surface area contributed by atoms with E-state index in [9.17, 15) is 9.59 Å². The van der Waals surface area contributed by atoms with Crippen LogP contribution in [-0.4, -0.2) is 21.3 Å². The first-order valence-corrected chi connectivity index (χ1v) is 10.4. The number of nitrogens with one attached hydrogen (secondary N) is 1. The van der Waals surface area contributed by atoms with Crippen LogP contribution in [0.5, 0.6) is 5.75 Å². The van der Waals surface area contributed by atoms with E-state index >= 15 is 0 Å². The second-order valence-electron chi connectivity index (χ2n) is 7.95. The minimum atomic E-state index is -0.172. The summed E-state index contributed by atoms with van der Waals surface area (Å²) in [6.45, 7) is 3.84. The summed E-state index contributed by atoms with van der Waals surface area (Å²) in [5.74, 6) is 0.242. The number of anilines is 1. The van der Waals surface area contributed by atoms with Gasteiger partial charge in [-0.1, -0.05) is 38.1 Å². The van der Waals surface area contributed by atoms with Gasteiger partial charge in [-0.15, -0.1) is 0 Å². The van der Waals surface area contributed by atoms with Crippen LogP contribution in [-0.2, 0) is 0 Å². The molecule has 1 N–H and O–H groups in total. The van der Waals surface area contributed by atoms with Gasteiger partial charge < -0.3 is 10.2 Å². The van der Waals surface area contributed by atoms with Crippen molar-refractivity contribution in [3.05, 3.63) is 102 Å². The van der Waals surface area contributed by atoms with E-state index in [2.05, 4.69) is 10.3 Å². The number of Topliss-reactive ketones (excluding diaryl/α,β-unsaturated/α-hetero) is 2. The average Bonchev–Trinajstić information content (AvgIpc) is 3.21. The summed E-state index contributed by atoms with van der Waals surface area (Å²) in [6.07, 6.45) is 3.53. The number of benzene rings is 2. The van der Waals surface area contributed by atoms with Gasteiger partial charge >= 0.3 is 0 Å². The van der Waals surface area contributed by atoms with Crippen molar-refractivity contribution >= 4 is 28.3 Å². The molecule has 0 bridgehead atoms. The van der Waals surface area contributed by atoms with Crippen LogP contribution < -0.4 is 10.2 Å². The number of pyridine rings is 1. The Bertz CT molecular complexity index is 1380. The van der Waals surface area contributed by atoms with Crippen molar-refractivity contribution in [2.75, 3.05) is 5.32 Å². The van der Waals surface area contributed by atoms with Crippen LogP contribution in [0.2, 0.25) is 0 Å². The number of aromatic nitrogens is 2. The lowest BCUT2D eigenvalue weighted by Crippen LogP contribution is -2.28. The predicted molar refractivity (Wildman–Crippen MR) is 123 cm³/mol. The number of hydrogen-bond acceptors (Lipinski definition) is 5. The molecule has 0 aliphatic heterocycles. The van der Waals surface area contributed by atoms with Gasteiger partial charge in [-0.2, -0.15) is 4.73 Å². The molecule has 0 saturated heterocycles. The highest BCUT2D eigenvalue weighted by atomic mass is 16.7. The smallest absolute Gasteiger partial charge is 0.210 e. The highest BCUT2D eigenvalue weighted by Gasteiger charge is 2.33. The van der Waals surface area contributed by atoms with Crippen molar-refractivity contribution in [3.63, 3.8) is 0 Å². The molecule has 2 heterocycles. The van der Waals surface area contributed by atoms with Crippen molar-refractivity contribution in [2.24, 2.45) is 5.92 Å². The van der Waals surface area contributed by atoms with Gasteiger partial charge in [0.2, 0.25) is 5.78 Å². The highest BCUT2D eigenvalue weighted by molar-refractivity contribution is 6.27. The third-order valence-electron chi connectivity index (χ3n) is 5.48. The molecule has 0 fully saturated rings.